The van der Waals surface area contributed by atoms with Crippen LogP contribution in [0.15, 0.2) is 54.6 Å². The summed E-state index contributed by atoms with van der Waals surface area (Å²) in [6, 6.07) is 18.1. The first-order chi connectivity index (χ1) is 11.2. The average Bonchev–Trinajstić information content (AvgIpc) is 2.57. The quantitative estimate of drug-likeness (QED) is 0.657. The van der Waals surface area contributed by atoms with Gasteiger partial charge in [-0.25, -0.2) is 0 Å². The Balaban J connectivity index is 1.50. The molecule has 0 aliphatic carbocycles. The second kappa shape index (κ2) is 10.6. The largest absolute Gasteiger partial charge is 0.355 e. The topological polar surface area (TPSA) is 29.1 Å². The molecule has 0 bridgehead atoms. The van der Waals surface area contributed by atoms with E-state index in [1.807, 2.05) is 54.2 Å². The fraction of sp³-hybridized carbons (Fsp3) is 0.278. The summed E-state index contributed by atoms with van der Waals surface area (Å²) in [6.07, 6.45) is 0. The molecule has 2 aromatic rings. The van der Waals surface area contributed by atoms with Crippen molar-refractivity contribution < 1.29 is 4.79 Å². The van der Waals surface area contributed by atoms with E-state index in [1.54, 1.807) is 11.8 Å². The molecule has 0 heterocycles. The third-order valence-electron chi connectivity index (χ3n) is 3.10. The van der Waals surface area contributed by atoms with Gasteiger partial charge in [0.25, 0.3) is 0 Å². The van der Waals surface area contributed by atoms with Crippen molar-refractivity contribution in [1.82, 2.24) is 5.32 Å². The Labute approximate surface area is 151 Å². The summed E-state index contributed by atoms with van der Waals surface area (Å²) in [7, 11) is 0. The van der Waals surface area contributed by atoms with Gasteiger partial charge in [0, 0.05) is 28.8 Å². The molecule has 0 radical (unpaired) electrons. The summed E-state index contributed by atoms with van der Waals surface area (Å²) < 4.78 is 0. The van der Waals surface area contributed by atoms with E-state index in [-0.39, 0.29) is 5.91 Å². The molecule has 0 aliphatic heterocycles. The number of nitrogens with one attached hydrogen (secondary N) is 1. The molecule has 0 saturated heterocycles. The molecule has 0 saturated carbocycles. The molecule has 0 fully saturated rings. The summed E-state index contributed by atoms with van der Waals surface area (Å²) in [5.41, 5.74) is 2.51. The van der Waals surface area contributed by atoms with Gasteiger partial charge >= 0.3 is 0 Å². The molecule has 2 rings (SSSR count). The summed E-state index contributed by atoms with van der Waals surface area (Å²) >= 11 is 9.31. The molecular weight excluding hydrogens is 346 g/mol. The fourth-order valence-electron chi connectivity index (χ4n) is 1.92. The van der Waals surface area contributed by atoms with E-state index in [4.69, 9.17) is 11.6 Å². The standard InChI is InChI=1S/C18H20ClNOS2/c19-17-8-6-16(7-9-17)12-22-11-10-20-18(21)14-23-13-15-4-2-1-3-5-15/h1-9H,10-14H2,(H,20,21). The minimum atomic E-state index is 0.109. The number of benzene rings is 2. The highest BCUT2D eigenvalue weighted by Crippen LogP contribution is 2.15. The second-order valence-corrected chi connectivity index (χ2v) is 7.53. The molecule has 2 aromatic carbocycles. The lowest BCUT2D eigenvalue weighted by Crippen LogP contribution is -2.27. The smallest absolute Gasteiger partial charge is 0.230 e. The van der Waals surface area contributed by atoms with Crippen molar-refractivity contribution >= 4 is 41.0 Å². The van der Waals surface area contributed by atoms with Gasteiger partial charge in [-0.05, 0) is 23.3 Å². The number of hydrogen-bond acceptors (Lipinski definition) is 3. The first-order valence-electron chi connectivity index (χ1n) is 7.44. The van der Waals surface area contributed by atoms with Gasteiger partial charge in [0.05, 0.1) is 5.75 Å². The molecule has 1 amide bonds. The Morgan fingerprint density at radius 1 is 0.913 bits per heavy atom. The van der Waals surface area contributed by atoms with Gasteiger partial charge < -0.3 is 5.32 Å². The van der Waals surface area contributed by atoms with Crippen LogP contribution < -0.4 is 5.32 Å². The van der Waals surface area contributed by atoms with Crippen molar-refractivity contribution in [3.05, 3.63) is 70.7 Å². The molecule has 23 heavy (non-hydrogen) atoms. The minimum absolute atomic E-state index is 0.109. The predicted octanol–water partition coefficient (Wildman–Crippen LogP) is 4.62. The first kappa shape index (κ1) is 18.2. The molecule has 5 heteroatoms. The molecule has 0 unspecified atom stereocenters. The van der Waals surface area contributed by atoms with Crippen LogP contribution in [0.5, 0.6) is 0 Å². The maximum atomic E-state index is 11.7. The summed E-state index contributed by atoms with van der Waals surface area (Å²) in [5.74, 6) is 3.35. The van der Waals surface area contributed by atoms with Crippen molar-refractivity contribution in [1.29, 1.82) is 0 Å². The van der Waals surface area contributed by atoms with Gasteiger partial charge in [0.1, 0.15) is 0 Å². The Morgan fingerprint density at radius 3 is 2.30 bits per heavy atom. The van der Waals surface area contributed by atoms with Crippen LogP contribution in [0.25, 0.3) is 0 Å². The zero-order valence-corrected chi connectivity index (χ0v) is 15.2. The summed E-state index contributed by atoms with van der Waals surface area (Å²) in [5, 5.41) is 3.73. The lowest BCUT2D eigenvalue weighted by atomic mass is 10.2. The first-order valence-corrected chi connectivity index (χ1v) is 10.1. The highest BCUT2D eigenvalue weighted by atomic mass is 35.5. The van der Waals surface area contributed by atoms with Crippen LogP contribution in [0, 0.1) is 0 Å². The van der Waals surface area contributed by atoms with Gasteiger partial charge in [0.15, 0.2) is 0 Å². The summed E-state index contributed by atoms with van der Waals surface area (Å²) in [4.78, 5) is 11.7. The van der Waals surface area contributed by atoms with Crippen LogP contribution in [0.2, 0.25) is 5.02 Å². The van der Waals surface area contributed by atoms with Crippen molar-refractivity contribution in [3.63, 3.8) is 0 Å². The van der Waals surface area contributed by atoms with Crippen LogP contribution >= 0.6 is 35.1 Å². The molecule has 0 atom stereocenters. The lowest BCUT2D eigenvalue weighted by molar-refractivity contribution is -0.118. The van der Waals surface area contributed by atoms with Crippen molar-refractivity contribution in [3.8, 4) is 0 Å². The average molecular weight is 366 g/mol. The SMILES string of the molecule is O=C(CSCc1ccccc1)NCCSCc1ccc(Cl)cc1. The van der Waals surface area contributed by atoms with Crippen molar-refractivity contribution in [2.24, 2.45) is 0 Å². The van der Waals surface area contributed by atoms with Gasteiger partial charge in [-0.1, -0.05) is 54.1 Å². The molecule has 1 N–H and O–H groups in total. The Bertz CT molecular complexity index is 590. The van der Waals surface area contributed by atoms with Gasteiger partial charge in [-0.15, -0.1) is 11.8 Å². The van der Waals surface area contributed by atoms with Gasteiger partial charge in [0.2, 0.25) is 5.91 Å². The van der Waals surface area contributed by atoms with Crippen LogP contribution in [-0.4, -0.2) is 24.0 Å². The van der Waals surface area contributed by atoms with E-state index in [1.165, 1.54) is 11.1 Å². The van der Waals surface area contributed by atoms with Gasteiger partial charge in [-0.2, -0.15) is 11.8 Å². The van der Waals surface area contributed by atoms with Gasteiger partial charge in [-0.3, -0.25) is 4.79 Å². The maximum absolute atomic E-state index is 11.7. The molecule has 2 nitrogen and oxygen atoms in total. The molecule has 0 aromatic heterocycles. The highest BCUT2D eigenvalue weighted by Gasteiger charge is 2.01. The molecule has 0 aliphatic rings. The minimum Gasteiger partial charge on any atom is -0.355 e. The van der Waals surface area contributed by atoms with Crippen LogP contribution in [-0.2, 0) is 16.3 Å². The third-order valence-corrected chi connectivity index (χ3v) is 5.38. The molecular formula is C18H20ClNOS2. The van der Waals surface area contributed by atoms with Crippen LogP contribution in [0.3, 0.4) is 0 Å². The van der Waals surface area contributed by atoms with E-state index >= 15 is 0 Å². The number of hydrogen-bond donors (Lipinski definition) is 1. The predicted molar refractivity (Wildman–Crippen MR) is 103 cm³/mol. The van der Waals surface area contributed by atoms with Crippen LogP contribution in [0.1, 0.15) is 11.1 Å². The number of carbonyl (C=O) groups is 1. The van der Waals surface area contributed by atoms with E-state index < -0.39 is 0 Å². The third kappa shape index (κ3) is 7.82. The normalized spacial score (nSPS) is 10.5. The number of thioether (sulfide) groups is 2. The van der Waals surface area contributed by atoms with Crippen molar-refractivity contribution in [2.45, 2.75) is 11.5 Å². The van der Waals surface area contributed by atoms with Crippen LogP contribution in [0.4, 0.5) is 0 Å². The molecule has 122 valence electrons. The zero-order valence-electron chi connectivity index (χ0n) is 12.8. The Hall–Kier alpha value is -1.10. The molecule has 0 spiro atoms. The lowest BCUT2D eigenvalue weighted by Gasteiger charge is -2.06. The monoisotopic (exact) mass is 365 g/mol. The van der Waals surface area contributed by atoms with E-state index in [9.17, 15) is 4.79 Å². The number of carbonyl (C=O) groups excluding carboxylic acids is 1. The van der Waals surface area contributed by atoms with E-state index in [0.717, 1.165) is 22.3 Å². The Morgan fingerprint density at radius 2 is 1.57 bits per heavy atom. The summed E-state index contributed by atoms with van der Waals surface area (Å²) in [6.45, 7) is 0.711. The van der Waals surface area contributed by atoms with E-state index in [0.29, 0.717) is 12.3 Å². The number of rotatable bonds is 9. The maximum Gasteiger partial charge on any atom is 0.230 e. The Kier molecular flexibility index (Phi) is 8.43. The fourth-order valence-corrected chi connectivity index (χ4v) is 3.68. The number of halogens is 1. The van der Waals surface area contributed by atoms with Crippen molar-refractivity contribution in [2.75, 3.05) is 18.1 Å². The highest BCUT2D eigenvalue weighted by molar-refractivity contribution is 7.99. The zero-order chi connectivity index (χ0) is 16.3. The number of amides is 1. The van der Waals surface area contributed by atoms with E-state index in [2.05, 4.69) is 17.4 Å². The second-order valence-electron chi connectivity index (χ2n) is 5.01.